The number of hydrogen-bond acceptors (Lipinski definition) is 3. The number of alkyl carbamates (subject to hydrolysis) is 1. The lowest BCUT2D eigenvalue weighted by Crippen LogP contribution is -2.37. The van der Waals surface area contributed by atoms with Crippen molar-refractivity contribution in [2.45, 2.75) is 38.9 Å². The molecular formula is C14H19F2NO3. The normalized spacial score (nSPS) is 12.9. The van der Waals surface area contributed by atoms with Gasteiger partial charge < -0.3 is 15.2 Å². The maximum absolute atomic E-state index is 13.4. The molecule has 1 aromatic carbocycles. The van der Waals surface area contributed by atoms with Crippen molar-refractivity contribution in [2.24, 2.45) is 0 Å². The molecule has 6 heteroatoms. The van der Waals surface area contributed by atoms with Gasteiger partial charge in [0.15, 0.2) is 0 Å². The minimum Gasteiger partial charge on any atom is -0.444 e. The zero-order chi connectivity index (χ0) is 15.3. The molecule has 0 saturated carbocycles. The highest BCUT2D eigenvalue weighted by atomic mass is 19.1. The molecule has 1 atom stereocenters. The molecule has 2 N–H and O–H groups in total. The third-order valence-electron chi connectivity index (χ3n) is 2.35. The van der Waals surface area contributed by atoms with E-state index in [1.165, 1.54) is 6.07 Å². The van der Waals surface area contributed by atoms with Gasteiger partial charge in [-0.2, -0.15) is 0 Å². The number of nitrogens with one attached hydrogen (secondary N) is 1. The molecular weight excluding hydrogens is 268 g/mol. The molecule has 4 nitrogen and oxygen atoms in total. The molecule has 0 aromatic heterocycles. The second-order valence-electron chi connectivity index (χ2n) is 5.48. The lowest BCUT2D eigenvalue weighted by molar-refractivity contribution is 0.0492. The summed E-state index contributed by atoms with van der Waals surface area (Å²) in [5.41, 5.74) is -0.442. The van der Waals surface area contributed by atoms with Gasteiger partial charge in [-0.15, -0.1) is 0 Å². The van der Waals surface area contributed by atoms with E-state index < -0.39 is 29.4 Å². The number of ether oxygens (including phenoxy) is 1. The van der Waals surface area contributed by atoms with Crippen LogP contribution in [0.5, 0.6) is 0 Å². The van der Waals surface area contributed by atoms with E-state index in [2.05, 4.69) is 5.32 Å². The van der Waals surface area contributed by atoms with E-state index in [0.717, 1.165) is 12.1 Å². The maximum atomic E-state index is 13.4. The Labute approximate surface area is 116 Å². The third kappa shape index (κ3) is 5.97. The smallest absolute Gasteiger partial charge is 0.407 e. The van der Waals surface area contributed by atoms with Crippen molar-refractivity contribution in [3.8, 4) is 0 Å². The summed E-state index contributed by atoms with van der Waals surface area (Å²) in [5, 5.41) is 12.1. The Bertz CT molecular complexity index is 472. The molecule has 112 valence electrons. The first-order chi connectivity index (χ1) is 9.17. The molecule has 1 rings (SSSR count). The molecule has 0 saturated heterocycles. The molecule has 0 aliphatic heterocycles. The fourth-order valence-corrected chi connectivity index (χ4v) is 1.53. The first-order valence-electron chi connectivity index (χ1n) is 6.26. The Morgan fingerprint density at radius 2 is 2.05 bits per heavy atom. The van der Waals surface area contributed by atoms with Crippen LogP contribution in [0.1, 0.15) is 26.3 Å². The van der Waals surface area contributed by atoms with Crippen LogP contribution < -0.4 is 5.32 Å². The molecule has 0 fully saturated rings. The third-order valence-corrected chi connectivity index (χ3v) is 2.35. The first-order valence-corrected chi connectivity index (χ1v) is 6.26. The number of carbonyl (C=O) groups is 1. The fraction of sp³-hybridized carbons (Fsp3) is 0.500. The number of rotatable bonds is 4. The SMILES string of the molecule is CC(C)(C)OC(=O)NCC(O)Cc1ccc(F)cc1F. The monoisotopic (exact) mass is 287 g/mol. The number of halogens is 2. The van der Waals surface area contributed by atoms with E-state index in [0.29, 0.717) is 0 Å². The van der Waals surface area contributed by atoms with Crippen LogP contribution in [0.25, 0.3) is 0 Å². The lowest BCUT2D eigenvalue weighted by Gasteiger charge is -2.20. The van der Waals surface area contributed by atoms with E-state index in [9.17, 15) is 18.7 Å². The first kappa shape index (κ1) is 16.4. The zero-order valence-electron chi connectivity index (χ0n) is 11.7. The molecule has 1 unspecified atom stereocenters. The van der Waals surface area contributed by atoms with E-state index in [1.54, 1.807) is 20.8 Å². The van der Waals surface area contributed by atoms with Gasteiger partial charge in [0.05, 0.1) is 6.10 Å². The number of amides is 1. The summed E-state index contributed by atoms with van der Waals surface area (Å²) in [6.07, 6.45) is -1.67. The average Bonchev–Trinajstić information content (AvgIpc) is 2.28. The fourth-order valence-electron chi connectivity index (χ4n) is 1.53. The quantitative estimate of drug-likeness (QED) is 0.894. The highest BCUT2D eigenvalue weighted by Gasteiger charge is 2.17. The molecule has 1 aromatic rings. The summed E-state index contributed by atoms with van der Waals surface area (Å²) in [7, 11) is 0. The summed E-state index contributed by atoms with van der Waals surface area (Å²) < 4.78 is 31.1. The van der Waals surface area contributed by atoms with Gasteiger partial charge in [0.2, 0.25) is 0 Å². The van der Waals surface area contributed by atoms with Gasteiger partial charge in [-0.25, -0.2) is 13.6 Å². The second-order valence-corrected chi connectivity index (χ2v) is 5.48. The van der Waals surface area contributed by atoms with Crippen LogP contribution in [0.3, 0.4) is 0 Å². The highest BCUT2D eigenvalue weighted by Crippen LogP contribution is 2.12. The van der Waals surface area contributed by atoms with E-state index >= 15 is 0 Å². The Morgan fingerprint density at radius 3 is 2.60 bits per heavy atom. The molecule has 0 aliphatic rings. The minimum atomic E-state index is -0.984. The van der Waals surface area contributed by atoms with Crippen LogP contribution in [0.2, 0.25) is 0 Å². The van der Waals surface area contributed by atoms with Crippen LogP contribution >= 0.6 is 0 Å². The molecule has 0 spiro atoms. The summed E-state index contributed by atoms with van der Waals surface area (Å²) in [4.78, 5) is 11.4. The maximum Gasteiger partial charge on any atom is 0.407 e. The minimum absolute atomic E-state index is 0.0259. The molecule has 0 radical (unpaired) electrons. The van der Waals surface area contributed by atoms with Crippen molar-refractivity contribution in [1.29, 1.82) is 0 Å². The predicted molar refractivity (Wildman–Crippen MR) is 70.3 cm³/mol. The van der Waals surface area contributed by atoms with Crippen molar-refractivity contribution in [3.63, 3.8) is 0 Å². The van der Waals surface area contributed by atoms with Gasteiger partial charge in [-0.3, -0.25) is 0 Å². The number of carbonyl (C=O) groups excluding carboxylic acids is 1. The van der Waals surface area contributed by atoms with Crippen LogP contribution in [-0.4, -0.2) is 29.4 Å². The number of hydrogen-bond donors (Lipinski definition) is 2. The van der Waals surface area contributed by atoms with E-state index in [4.69, 9.17) is 4.74 Å². The van der Waals surface area contributed by atoms with Crippen molar-refractivity contribution in [3.05, 3.63) is 35.4 Å². The van der Waals surface area contributed by atoms with Gasteiger partial charge in [0.1, 0.15) is 17.2 Å². The highest BCUT2D eigenvalue weighted by molar-refractivity contribution is 5.67. The number of benzene rings is 1. The van der Waals surface area contributed by atoms with Gasteiger partial charge >= 0.3 is 6.09 Å². The zero-order valence-corrected chi connectivity index (χ0v) is 11.7. The second kappa shape index (κ2) is 6.65. The van der Waals surface area contributed by atoms with E-state index in [1.807, 2.05) is 0 Å². The van der Waals surface area contributed by atoms with Crippen LogP contribution in [0, 0.1) is 11.6 Å². The van der Waals surface area contributed by atoms with Crippen LogP contribution in [-0.2, 0) is 11.2 Å². The van der Waals surface area contributed by atoms with Crippen LogP contribution in [0.4, 0.5) is 13.6 Å². The number of aliphatic hydroxyl groups is 1. The van der Waals surface area contributed by atoms with Crippen molar-refractivity contribution in [1.82, 2.24) is 5.32 Å². The average molecular weight is 287 g/mol. The molecule has 0 aliphatic carbocycles. The summed E-state index contributed by atoms with van der Waals surface area (Å²) >= 11 is 0. The van der Waals surface area contributed by atoms with E-state index in [-0.39, 0.29) is 18.5 Å². The van der Waals surface area contributed by atoms with Crippen molar-refractivity contribution in [2.75, 3.05) is 6.54 Å². The van der Waals surface area contributed by atoms with Crippen LogP contribution in [0.15, 0.2) is 18.2 Å². The topological polar surface area (TPSA) is 58.6 Å². The standard InChI is InChI=1S/C14H19F2NO3/c1-14(2,3)20-13(19)17-8-11(18)6-9-4-5-10(15)7-12(9)16/h4-5,7,11,18H,6,8H2,1-3H3,(H,17,19). The molecule has 0 heterocycles. The van der Waals surface area contributed by atoms with Gasteiger partial charge in [-0.05, 0) is 32.4 Å². The summed E-state index contributed by atoms with van der Waals surface area (Å²) in [6, 6.07) is 3.14. The van der Waals surface area contributed by atoms with Gasteiger partial charge in [-0.1, -0.05) is 6.07 Å². The Balaban J connectivity index is 2.44. The van der Waals surface area contributed by atoms with Gasteiger partial charge in [0.25, 0.3) is 0 Å². The lowest BCUT2D eigenvalue weighted by atomic mass is 10.1. The largest absolute Gasteiger partial charge is 0.444 e. The summed E-state index contributed by atoms with van der Waals surface area (Å²) in [5.74, 6) is -1.39. The number of aliphatic hydroxyl groups excluding tert-OH is 1. The van der Waals surface area contributed by atoms with Crippen molar-refractivity contribution < 1.29 is 23.4 Å². The Hall–Kier alpha value is -1.69. The molecule has 1 amide bonds. The predicted octanol–water partition coefficient (Wildman–Crippen LogP) is 2.39. The van der Waals surface area contributed by atoms with Crippen molar-refractivity contribution >= 4 is 6.09 Å². The Kier molecular flexibility index (Phi) is 5.44. The Morgan fingerprint density at radius 1 is 1.40 bits per heavy atom. The molecule has 0 bridgehead atoms. The summed E-state index contributed by atoms with van der Waals surface area (Å²) in [6.45, 7) is 5.08. The molecule has 20 heavy (non-hydrogen) atoms. The van der Waals surface area contributed by atoms with Gasteiger partial charge in [0, 0.05) is 19.0 Å².